The molecule has 0 bridgehead atoms. The molecule has 2 heterocycles. The minimum Gasteiger partial charge on any atom is -0.393 e. The van der Waals surface area contributed by atoms with E-state index in [9.17, 15) is 25.2 Å². The fraction of sp³-hybridized carbons (Fsp3) is 0.936. The summed E-state index contributed by atoms with van der Waals surface area (Å²) in [4.78, 5) is 14.5. The van der Waals surface area contributed by atoms with Crippen LogP contribution in [-0.4, -0.2) is 74.0 Å². The van der Waals surface area contributed by atoms with Gasteiger partial charge in [0.1, 0.15) is 12.2 Å². The van der Waals surface area contributed by atoms with Crippen LogP contribution in [0.4, 0.5) is 0 Å². The van der Waals surface area contributed by atoms with Crippen LogP contribution in [0.5, 0.6) is 0 Å². The molecule has 8 rings (SSSR count). The van der Waals surface area contributed by atoms with Crippen molar-refractivity contribution in [1.29, 1.82) is 0 Å². The van der Waals surface area contributed by atoms with Gasteiger partial charge in [0.25, 0.3) is 0 Å². The smallest absolute Gasteiger partial charge is 0.159 e. The van der Waals surface area contributed by atoms with Crippen molar-refractivity contribution in [2.45, 2.75) is 211 Å². The van der Waals surface area contributed by atoms with Gasteiger partial charge in [0.2, 0.25) is 0 Å². The van der Waals surface area contributed by atoms with Gasteiger partial charge in [0.05, 0.1) is 29.1 Å². The second-order valence-corrected chi connectivity index (χ2v) is 22.5. The molecule has 312 valence electrons. The molecule has 2 unspecified atom stereocenters. The third-order valence-corrected chi connectivity index (χ3v) is 19.4. The highest BCUT2D eigenvalue weighted by Crippen LogP contribution is 2.75. The van der Waals surface area contributed by atoms with Gasteiger partial charge >= 0.3 is 0 Å². The first-order valence-corrected chi connectivity index (χ1v) is 23.1. The molecule has 0 radical (unpaired) electrons. The zero-order chi connectivity index (χ0) is 39.4. The van der Waals surface area contributed by atoms with Crippen molar-refractivity contribution in [3.8, 4) is 0 Å². The maximum Gasteiger partial charge on any atom is 0.159 e. The third kappa shape index (κ3) is 6.33. The van der Waals surface area contributed by atoms with Crippen LogP contribution in [-0.2, 0) is 9.53 Å². The van der Waals surface area contributed by atoms with Crippen LogP contribution in [0.15, 0.2) is 11.6 Å². The van der Waals surface area contributed by atoms with Gasteiger partial charge in [0, 0.05) is 11.3 Å². The topological polar surface area (TPSA) is 149 Å². The highest BCUT2D eigenvalue weighted by atomic mass is 16.6. The Morgan fingerprint density at radius 1 is 0.873 bits per heavy atom. The predicted octanol–water partition coefficient (Wildman–Crippen LogP) is 7.34. The number of allylic oxidation sites excluding steroid dienone is 1. The maximum absolute atomic E-state index is 14.5. The molecule has 6 aliphatic carbocycles. The van der Waals surface area contributed by atoms with E-state index in [-0.39, 0.29) is 46.5 Å². The fourth-order valence-electron chi connectivity index (χ4n) is 15.7. The molecule has 14 atom stereocenters. The van der Waals surface area contributed by atoms with Crippen molar-refractivity contribution in [2.75, 3.05) is 6.54 Å². The Kier molecular flexibility index (Phi) is 10.5. The summed E-state index contributed by atoms with van der Waals surface area (Å²) in [5.74, 6) is 1.26. The standard InChI is InChI=1S/C47H78N2O6/c1-41(2,21-16-30-18-23-49-37(48)24-30)45(6,53)40-39(55-40)44(5,52)36-17-22-47(54)34-26-35(51)33-25-32(50)28-46(19-10-11-20-46)43(33,4)38(34)31(27-42(36,47)3)15-14-29-12-8-7-9-13-29/h26,29-33,36-40,49-50,52-54H,7-25,27-28,48H2,1-6H3/t30?,31-,32+,33+,36-,37?,38+,39+,40-,42+,43-,44+,45-,47+/m0/s1. The molecule has 0 aromatic rings. The number of ketones is 1. The number of nitrogens with two attached hydrogens (primary N) is 1. The molecule has 8 heteroatoms. The second kappa shape index (κ2) is 14.1. The van der Waals surface area contributed by atoms with Crippen LogP contribution in [0, 0.1) is 57.2 Å². The number of hydrogen-bond acceptors (Lipinski definition) is 8. The Bertz CT molecular complexity index is 1480. The molecular weight excluding hydrogens is 689 g/mol. The van der Waals surface area contributed by atoms with Crippen molar-refractivity contribution in [1.82, 2.24) is 5.32 Å². The van der Waals surface area contributed by atoms with Crippen molar-refractivity contribution >= 4 is 5.78 Å². The number of nitrogens with one attached hydrogen (secondary N) is 1. The SMILES string of the molecule is CC(C)(CCC1CCNC(N)C1)[C@@](C)(O)[C@H]1O[C@H]1[C@](C)(O)[C@H]1CC[C@@]2(O)C3=CC(=O)[C@H]4C[C@@H](O)CC5(CCCC5)[C@]4(C)[C@@H]3[C@@H](CCC3CCCCC3)C[C@]12C. The van der Waals surface area contributed by atoms with Crippen LogP contribution in [0.2, 0.25) is 0 Å². The Morgan fingerprint density at radius 2 is 1.58 bits per heavy atom. The summed E-state index contributed by atoms with van der Waals surface area (Å²) in [5.41, 5.74) is 2.01. The highest BCUT2D eigenvalue weighted by molar-refractivity contribution is 5.95. The lowest BCUT2D eigenvalue weighted by molar-refractivity contribution is -0.193. The molecule has 0 aromatic heterocycles. The van der Waals surface area contributed by atoms with Crippen molar-refractivity contribution in [2.24, 2.45) is 62.9 Å². The Balaban J connectivity index is 1.10. The first-order chi connectivity index (χ1) is 25.8. The average Bonchev–Trinajstić information content (AvgIpc) is 3.75. The number of carbonyl (C=O) groups excluding carboxylic acids is 1. The molecule has 7 N–H and O–H groups in total. The van der Waals surface area contributed by atoms with Crippen molar-refractivity contribution in [3.05, 3.63) is 11.6 Å². The van der Waals surface area contributed by atoms with Crippen LogP contribution in [0.1, 0.15) is 170 Å². The van der Waals surface area contributed by atoms with E-state index in [0.717, 1.165) is 88.7 Å². The average molecular weight is 767 g/mol. The van der Waals surface area contributed by atoms with Gasteiger partial charge in [-0.15, -0.1) is 0 Å². The second-order valence-electron chi connectivity index (χ2n) is 22.5. The van der Waals surface area contributed by atoms with E-state index < -0.39 is 45.9 Å². The largest absolute Gasteiger partial charge is 0.393 e. The summed E-state index contributed by atoms with van der Waals surface area (Å²) in [6, 6.07) is 0. The van der Waals surface area contributed by atoms with Gasteiger partial charge in [-0.3, -0.25) is 4.79 Å². The van der Waals surface area contributed by atoms with Crippen LogP contribution >= 0.6 is 0 Å². The van der Waals surface area contributed by atoms with Crippen LogP contribution < -0.4 is 11.1 Å². The number of aliphatic hydroxyl groups is 4. The van der Waals surface area contributed by atoms with Gasteiger partial charge in [-0.25, -0.2) is 0 Å². The summed E-state index contributed by atoms with van der Waals surface area (Å²) in [6.45, 7) is 13.7. The van der Waals surface area contributed by atoms with E-state index in [2.05, 4.69) is 33.0 Å². The first-order valence-electron chi connectivity index (χ1n) is 23.1. The van der Waals surface area contributed by atoms with Crippen LogP contribution in [0.25, 0.3) is 0 Å². The fourth-order valence-corrected chi connectivity index (χ4v) is 15.7. The van der Waals surface area contributed by atoms with E-state index in [1.54, 1.807) is 0 Å². The molecule has 2 aliphatic heterocycles. The lowest BCUT2D eigenvalue weighted by atomic mass is 9.37. The molecule has 0 amide bonds. The summed E-state index contributed by atoms with van der Waals surface area (Å²) in [6.07, 6.45) is 20.8. The molecule has 0 aromatic carbocycles. The first kappa shape index (κ1) is 40.9. The summed E-state index contributed by atoms with van der Waals surface area (Å²) in [7, 11) is 0. The summed E-state index contributed by atoms with van der Waals surface area (Å²) < 4.78 is 6.45. The Morgan fingerprint density at radius 3 is 2.27 bits per heavy atom. The van der Waals surface area contributed by atoms with E-state index >= 15 is 0 Å². The van der Waals surface area contributed by atoms with E-state index in [1.807, 2.05) is 19.9 Å². The zero-order valence-electron chi connectivity index (χ0n) is 35.4. The molecule has 5 saturated carbocycles. The molecule has 55 heavy (non-hydrogen) atoms. The molecular formula is C47H78N2O6. The normalized spacial score (nSPS) is 46.6. The van der Waals surface area contributed by atoms with Gasteiger partial charge in [-0.05, 0) is 155 Å². The number of ether oxygens (including phenoxy) is 1. The number of hydrogen-bond donors (Lipinski definition) is 6. The van der Waals surface area contributed by atoms with Gasteiger partial charge in [0.15, 0.2) is 5.78 Å². The Hall–Kier alpha value is -0.870. The number of epoxide rings is 1. The molecule has 8 aliphatic rings. The molecule has 8 nitrogen and oxygen atoms in total. The minimum absolute atomic E-state index is 0.0353. The summed E-state index contributed by atoms with van der Waals surface area (Å²) in [5, 5.41) is 53.2. The van der Waals surface area contributed by atoms with E-state index in [4.69, 9.17) is 10.5 Å². The third-order valence-electron chi connectivity index (χ3n) is 19.4. The quantitative estimate of drug-likeness (QED) is 0.127. The van der Waals surface area contributed by atoms with Gasteiger partial charge < -0.3 is 36.2 Å². The predicted molar refractivity (Wildman–Crippen MR) is 216 cm³/mol. The van der Waals surface area contributed by atoms with Gasteiger partial charge in [-0.1, -0.05) is 79.1 Å². The monoisotopic (exact) mass is 767 g/mol. The van der Waals surface area contributed by atoms with Crippen LogP contribution in [0.3, 0.4) is 0 Å². The van der Waals surface area contributed by atoms with E-state index in [1.165, 1.54) is 38.5 Å². The number of fused-ring (bicyclic) bond motifs is 6. The highest BCUT2D eigenvalue weighted by Gasteiger charge is 2.75. The lowest BCUT2D eigenvalue weighted by Gasteiger charge is -2.67. The molecule has 1 spiro atoms. The van der Waals surface area contributed by atoms with Gasteiger partial charge in [-0.2, -0.15) is 0 Å². The maximum atomic E-state index is 14.5. The van der Waals surface area contributed by atoms with E-state index in [0.29, 0.717) is 25.2 Å². The lowest BCUT2D eigenvalue weighted by Crippen LogP contribution is -2.67. The Labute approximate surface area is 332 Å². The molecule has 2 saturated heterocycles. The molecule has 7 fully saturated rings. The zero-order valence-corrected chi connectivity index (χ0v) is 35.4. The number of carbonyl (C=O) groups is 1. The minimum atomic E-state index is -1.28. The number of aliphatic hydroxyl groups excluding tert-OH is 1. The summed E-state index contributed by atoms with van der Waals surface area (Å²) >= 11 is 0. The van der Waals surface area contributed by atoms with Crippen molar-refractivity contribution < 1.29 is 30.0 Å². The number of rotatable bonds is 10. The number of piperidine rings is 1. The van der Waals surface area contributed by atoms with Crippen molar-refractivity contribution in [3.63, 3.8) is 0 Å².